The number of para-hydroxylation sites is 1. The Bertz CT molecular complexity index is 1110. The smallest absolute Gasteiger partial charge is 0.306 e. The van der Waals surface area contributed by atoms with E-state index in [1.165, 1.54) is 4.57 Å². The van der Waals surface area contributed by atoms with Gasteiger partial charge in [0.2, 0.25) is 0 Å². The molecule has 8 heteroatoms. The van der Waals surface area contributed by atoms with Crippen LogP contribution < -0.4 is 10.9 Å². The van der Waals surface area contributed by atoms with Crippen LogP contribution in [0.5, 0.6) is 0 Å². The number of carbonyl (C=O) groups is 2. The van der Waals surface area contributed by atoms with Crippen LogP contribution in [0.3, 0.4) is 0 Å². The topological polar surface area (TPSA) is 90.3 Å². The van der Waals surface area contributed by atoms with Gasteiger partial charge in [-0.15, -0.1) is 0 Å². The number of aromatic nitrogens is 2. The molecule has 1 heterocycles. The third-order valence-electron chi connectivity index (χ3n) is 4.43. The van der Waals surface area contributed by atoms with E-state index >= 15 is 0 Å². The summed E-state index contributed by atoms with van der Waals surface area (Å²) in [7, 11) is 1.62. The molecular weight excluding hydrogens is 394 g/mol. The van der Waals surface area contributed by atoms with Gasteiger partial charge in [0.25, 0.3) is 11.5 Å². The van der Waals surface area contributed by atoms with Crippen molar-refractivity contribution in [3.05, 3.63) is 75.3 Å². The average Bonchev–Trinajstić information content (AvgIpc) is 2.73. The van der Waals surface area contributed by atoms with E-state index in [1.54, 1.807) is 49.5 Å². The second-order valence-corrected chi connectivity index (χ2v) is 6.85. The molecule has 0 fully saturated rings. The molecular formula is C21H20ClN3O4. The molecule has 2 aromatic carbocycles. The van der Waals surface area contributed by atoms with Crippen molar-refractivity contribution in [3.63, 3.8) is 0 Å². The number of hydrogen-bond acceptors (Lipinski definition) is 5. The van der Waals surface area contributed by atoms with Crippen molar-refractivity contribution in [1.82, 2.24) is 14.9 Å². The monoisotopic (exact) mass is 413 g/mol. The van der Waals surface area contributed by atoms with Gasteiger partial charge in [0.1, 0.15) is 5.82 Å². The van der Waals surface area contributed by atoms with Gasteiger partial charge >= 0.3 is 5.97 Å². The third-order valence-corrected chi connectivity index (χ3v) is 4.80. The van der Waals surface area contributed by atoms with E-state index in [2.05, 4.69) is 10.3 Å². The number of ether oxygens (including phenoxy) is 1. The molecule has 1 amide bonds. The summed E-state index contributed by atoms with van der Waals surface area (Å²) in [6.45, 7) is -0.132. The molecule has 3 rings (SSSR count). The maximum Gasteiger partial charge on any atom is 0.306 e. The fourth-order valence-electron chi connectivity index (χ4n) is 2.81. The van der Waals surface area contributed by atoms with Crippen molar-refractivity contribution in [3.8, 4) is 0 Å². The zero-order valence-corrected chi connectivity index (χ0v) is 16.6. The lowest BCUT2D eigenvalue weighted by Crippen LogP contribution is -2.28. The lowest BCUT2D eigenvalue weighted by molar-refractivity contribution is -0.148. The number of nitrogens with one attached hydrogen (secondary N) is 1. The van der Waals surface area contributed by atoms with Crippen LogP contribution in [0.4, 0.5) is 0 Å². The predicted molar refractivity (Wildman–Crippen MR) is 110 cm³/mol. The van der Waals surface area contributed by atoms with Gasteiger partial charge in [-0.25, -0.2) is 4.98 Å². The summed E-state index contributed by atoms with van der Waals surface area (Å²) in [4.78, 5) is 40.6. The van der Waals surface area contributed by atoms with E-state index in [0.29, 0.717) is 21.7 Å². The molecule has 7 nitrogen and oxygen atoms in total. The van der Waals surface area contributed by atoms with E-state index in [-0.39, 0.29) is 31.6 Å². The van der Waals surface area contributed by atoms with Crippen LogP contribution in [-0.4, -0.2) is 28.0 Å². The molecule has 1 aromatic heterocycles. The molecule has 29 heavy (non-hydrogen) atoms. The number of hydrogen-bond donors (Lipinski definition) is 1. The molecule has 0 spiro atoms. The minimum absolute atomic E-state index is 0.0103. The van der Waals surface area contributed by atoms with Crippen molar-refractivity contribution in [2.75, 3.05) is 6.61 Å². The number of nitrogens with zero attached hydrogens (tertiary/aromatic N) is 2. The number of fused-ring (bicyclic) bond motifs is 1. The Balaban J connectivity index is 1.49. The summed E-state index contributed by atoms with van der Waals surface area (Å²) in [5, 5.41) is 3.73. The highest BCUT2D eigenvalue weighted by Crippen LogP contribution is 2.14. The fourth-order valence-corrected chi connectivity index (χ4v) is 3.01. The number of halogens is 1. The van der Waals surface area contributed by atoms with Crippen molar-refractivity contribution in [1.29, 1.82) is 0 Å². The van der Waals surface area contributed by atoms with E-state index in [4.69, 9.17) is 16.3 Å². The lowest BCUT2D eigenvalue weighted by atomic mass is 10.2. The Morgan fingerprint density at radius 3 is 2.66 bits per heavy atom. The Hall–Kier alpha value is -3.19. The summed E-state index contributed by atoms with van der Waals surface area (Å²) < 4.78 is 6.43. The standard InChI is InChI=1S/C21H20ClN3O4/c1-25-18(24-17-9-5-3-7-15(17)21(25)28)10-11-20(27)29-13-19(26)23-12-14-6-2-4-8-16(14)22/h2-9H,10-13H2,1H3,(H,23,26). The second-order valence-electron chi connectivity index (χ2n) is 6.44. The van der Waals surface area contributed by atoms with Crippen LogP contribution >= 0.6 is 11.6 Å². The van der Waals surface area contributed by atoms with Gasteiger partial charge in [0.05, 0.1) is 17.3 Å². The minimum atomic E-state index is -0.541. The first kappa shape index (κ1) is 20.5. The van der Waals surface area contributed by atoms with Crippen LogP contribution in [0.1, 0.15) is 17.8 Å². The number of amides is 1. The molecule has 0 saturated carbocycles. The molecule has 0 unspecified atom stereocenters. The fraction of sp³-hybridized carbons (Fsp3) is 0.238. The second kappa shape index (κ2) is 9.34. The first-order valence-corrected chi connectivity index (χ1v) is 9.44. The molecule has 0 aliphatic heterocycles. The van der Waals surface area contributed by atoms with Crippen LogP contribution in [-0.2, 0) is 34.3 Å². The maximum absolute atomic E-state index is 12.4. The normalized spacial score (nSPS) is 10.7. The summed E-state index contributed by atoms with van der Waals surface area (Å²) in [6.07, 6.45) is 0.243. The maximum atomic E-state index is 12.4. The number of aryl methyl sites for hydroxylation is 1. The van der Waals surface area contributed by atoms with Crippen molar-refractivity contribution < 1.29 is 14.3 Å². The zero-order valence-electron chi connectivity index (χ0n) is 15.9. The van der Waals surface area contributed by atoms with Gasteiger partial charge in [-0.05, 0) is 23.8 Å². The Kier molecular flexibility index (Phi) is 6.61. The summed E-state index contributed by atoms with van der Waals surface area (Å²) in [5.41, 5.74) is 1.19. The van der Waals surface area contributed by atoms with Gasteiger partial charge in [0, 0.05) is 25.0 Å². The number of benzene rings is 2. The lowest BCUT2D eigenvalue weighted by Gasteiger charge is -2.10. The van der Waals surface area contributed by atoms with Gasteiger partial charge in [-0.1, -0.05) is 41.9 Å². The van der Waals surface area contributed by atoms with Crippen molar-refractivity contribution >= 4 is 34.4 Å². The first-order valence-electron chi connectivity index (χ1n) is 9.06. The highest BCUT2D eigenvalue weighted by molar-refractivity contribution is 6.31. The molecule has 0 aliphatic rings. The Labute approximate surface area is 172 Å². The molecule has 1 N–H and O–H groups in total. The van der Waals surface area contributed by atoms with Crippen LogP contribution in [0.15, 0.2) is 53.3 Å². The Morgan fingerprint density at radius 2 is 1.86 bits per heavy atom. The van der Waals surface area contributed by atoms with Crippen molar-refractivity contribution in [2.45, 2.75) is 19.4 Å². The van der Waals surface area contributed by atoms with E-state index in [1.807, 2.05) is 6.07 Å². The molecule has 0 aliphatic carbocycles. The third kappa shape index (κ3) is 5.20. The van der Waals surface area contributed by atoms with Gasteiger partial charge < -0.3 is 10.1 Å². The molecule has 0 saturated heterocycles. The van der Waals surface area contributed by atoms with Crippen LogP contribution in [0.2, 0.25) is 5.02 Å². The highest BCUT2D eigenvalue weighted by Gasteiger charge is 2.12. The predicted octanol–water partition coefficient (Wildman–Crippen LogP) is 2.38. The molecule has 150 valence electrons. The first-order chi connectivity index (χ1) is 14.0. The summed E-state index contributed by atoms with van der Waals surface area (Å²) in [6, 6.07) is 14.2. The Morgan fingerprint density at radius 1 is 1.14 bits per heavy atom. The molecule has 3 aromatic rings. The summed E-state index contributed by atoms with van der Waals surface area (Å²) >= 11 is 6.03. The zero-order chi connectivity index (χ0) is 20.8. The van der Waals surface area contributed by atoms with E-state index < -0.39 is 11.9 Å². The average molecular weight is 414 g/mol. The van der Waals surface area contributed by atoms with Crippen molar-refractivity contribution in [2.24, 2.45) is 7.05 Å². The minimum Gasteiger partial charge on any atom is -0.456 e. The van der Waals surface area contributed by atoms with Gasteiger partial charge in [-0.2, -0.15) is 0 Å². The number of esters is 1. The molecule has 0 atom stereocenters. The summed E-state index contributed by atoms with van der Waals surface area (Å²) in [5.74, 6) is -0.483. The largest absolute Gasteiger partial charge is 0.456 e. The number of rotatable bonds is 7. The number of carbonyl (C=O) groups excluding carboxylic acids is 2. The van der Waals surface area contributed by atoms with Crippen LogP contribution in [0, 0.1) is 0 Å². The van der Waals surface area contributed by atoms with E-state index in [9.17, 15) is 14.4 Å². The molecule has 0 bridgehead atoms. The van der Waals surface area contributed by atoms with E-state index in [0.717, 1.165) is 5.56 Å². The van der Waals surface area contributed by atoms with Crippen LogP contribution in [0.25, 0.3) is 10.9 Å². The highest BCUT2D eigenvalue weighted by atomic mass is 35.5. The van der Waals surface area contributed by atoms with Gasteiger partial charge in [0.15, 0.2) is 6.61 Å². The quantitative estimate of drug-likeness (QED) is 0.600. The SMILES string of the molecule is Cn1c(CCC(=O)OCC(=O)NCc2ccccc2Cl)nc2ccccc2c1=O. The van der Waals surface area contributed by atoms with Gasteiger partial charge in [-0.3, -0.25) is 19.0 Å². The molecule has 0 radical (unpaired) electrons.